The van der Waals surface area contributed by atoms with Crippen LogP contribution in [0.5, 0.6) is 5.88 Å². The molecule has 1 aliphatic heterocycles. The number of benzene rings is 1. The molecule has 1 aliphatic rings. The average molecular weight is 284 g/mol. The van der Waals surface area contributed by atoms with Gasteiger partial charge in [-0.1, -0.05) is 12.1 Å². The first-order valence-corrected chi connectivity index (χ1v) is 6.12. The average Bonchev–Trinajstić information content (AvgIpc) is 2.89. The number of nitrogens with zero attached hydrogens (tertiary/aromatic N) is 2. The SMILES string of the molecule is FC(F)(F)c1nc2ccccc2nc1OC1CCOC1. The van der Waals surface area contributed by atoms with Gasteiger partial charge in [-0.3, -0.25) is 0 Å². The molecule has 1 aromatic heterocycles. The molecule has 0 bridgehead atoms. The van der Waals surface area contributed by atoms with Gasteiger partial charge in [0.2, 0.25) is 11.6 Å². The van der Waals surface area contributed by atoms with Crippen LogP contribution in [0.1, 0.15) is 12.1 Å². The summed E-state index contributed by atoms with van der Waals surface area (Å²) < 4.78 is 49.5. The van der Waals surface area contributed by atoms with Gasteiger partial charge in [-0.05, 0) is 12.1 Å². The van der Waals surface area contributed by atoms with Gasteiger partial charge < -0.3 is 9.47 Å². The minimum absolute atomic E-state index is 0.190. The summed E-state index contributed by atoms with van der Waals surface area (Å²) in [6.07, 6.45) is -4.47. The maximum absolute atomic E-state index is 13.0. The first-order valence-electron chi connectivity index (χ1n) is 6.12. The first kappa shape index (κ1) is 13.1. The van der Waals surface area contributed by atoms with Crippen molar-refractivity contribution >= 4 is 11.0 Å². The third-order valence-electron chi connectivity index (χ3n) is 2.97. The van der Waals surface area contributed by atoms with Crippen LogP contribution in [0.3, 0.4) is 0 Å². The van der Waals surface area contributed by atoms with Crippen molar-refractivity contribution in [1.29, 1.82) is 0 Å². The van der Waals surface area contributed by atoms with Crippen LogP contribution in [0.2, 0.25) is 0 Å². The monoisotopic (exact) mass is 284 g/mol. The number of hydrogen-bond acceptors (Lipinski definition) is 4. The molecule has 7 heteroatoms. The molecule has 0 amide bonds. The molecule has 2 aromatic rings. The quantitative estimate of drug-likeness (QED) is 0.850. The summed E-state index contributed by atoms with van der Waals surface area (Å²) in [6, 6.07) is 6.38. The Kier molecular flexibility index (Phi) is 3.21. The van der Waals surface area contributed by atoms with E-state index < -0.39 is 23.9 Å². The Labute approximate surface area is 112 Å². The fourth-order valence-corrected chi connectivity index (χ4v) is 2.01. The van der Waals surface area contributed by atoms with Crippen LogP contribution in [0, 0.1) is 0 Å². The van der Waals surface area contributed by atoms with Crippen LogP contribution in [-0.4, -0.2) is 29.3 Å². The normalized spacial score (nSPS) is 19.4. The minimum atomic E-state index is -4.61. The van der Waals surface area contributed by atoms with Crippen molar-refractivity contribution in [2.45, 2.75) is 18.7 Å². The van der Waals surface area contributed by atoms with Crippen molar-refractivity contribution in [1.82, 2.24) is 9.97 Å². The van der Waals surface area contributed by atoms with Crippen molar-refractivity contribution in [3.8, 4) is 5.88 Å². The molecule has 0 radical (unpaired) electrons. The molecule has 0 aliphatic carbocycles. The maximum atomic E-state index is 13.0. The third kappa shape index (κ3) is 2.53. The summed E-state index contributed by atoms with van der Waals surface area (Å²) >= 11 is 0. The second-order valence-electron chi connectivity index (χ2n) is 4.47. The molecule has 106 valence electrons. The molecule has 1 unspecified atom stereocenters. The van der Waals surface area contributed by atoms with E-state index in [1.54, 1.807) is 18.2 Å². The van der Waals surface area contributed by atoms with E-state index in [2.05, 4.69) is 9.97 Å². The van der Waals surface area contributed by atoms with Crippen molar-refractivity contribution in [3.63, 3.8) is 0 Å². The Balaban J connectivity index is 2.06. The van der Waals surface area contributed by atoms with Gasteiger partial charge in [0, 0.05) is 6.42 Å². The first-order chi connectivity index (χ1) is 9.54. The fraction of sp³-hybridized carbons (Fsp3) is 0.385. The zero-order valence-electron chi connectivity index (χ0n) is 10.4. The van der Waals surface area contributed by atoms with E-state index in [-0.39, 0.29) is 12.1 Å². The van der Waals surface area contributed by atoms with Gasteiger partial charge in [-0.25, -0.2) is 9.97 Å². The number of ether oxygens (including phenoxy) is 2. The lowest BCUT2D eigenvalue weighted by atomic mass is 10.2. The number of alkyl halides is 3. The van der Waals surface area contributed by atoms with Gasteiger partial charge in [0.15, 0.2) is 0 Å². The molecule has 3 rings (SSSR count). The van der Waals surface area contributed by atoms with E-state index in [1.165, 1.54) is 6.07 Å². The van der Waals surface area contributed by atoms with E-state index in [4.69, 9.17) is 9.47 Å². The lowest BCUT2D eigenvalue weighted by molar-refractivity contribution is -0.143. The minimum Gasteiger partial charge on any atom is -0.470 e. The number of para-hydroxylation sites is 2. The van der Waals surface area contributed by atoms with Gasteiger partial charge in [0.1, 0.15) is 6.10 Å². The predicted octanol–water partition coefficient (Wildman–Crippen LogP) is 2.82. The van der Waals surface area contributed by atoms with Gasteiger partial charge in [0.25, 0.3) is 0 Å². The standard InChI is InChI=1S/C13H11F3N2O2/c14-13(15,16)11-12(20-8-5-6-19-7-8)18-10-4-2-1-3-9(10)17-11/h1-4,8H,5-7H2. The highest BCUT2D eigenvalue weighted by atomic mass is 19.4. The predicted molar refractivity (Wildman–Crippen MR) is 64.4 cm³/mol. The van der Waals surface area contributed by atoms with Gasteiger partial charge in [-0.2, -0.15) is 13.2 Å². The summed E-state index contributed by atoms with van der Waals surface area (Å²) in [5.41, 5.74) is -0.535. The zero-order valence-corrected chi connectivity index (χ0v) is 10.4. The molecule has 1 fully saturated rings. The molecule has 0 saturated carbocycles. The van der Waals surface area contributed by atoms with Gasteiger partial charge in [0.05, 0.1) is 24.2 Å². The van der Waals surface area contributed by atoms with Gasteiger partial charge in [-0.15, -0.1) is 0 Å². The highest BCUT2D eigenvalue weighted by molar-refractivity contribution is 5.74. The highest BCUT2D eigenvalue weighted by Crippen LogP contribution is 2.35. The Morgan fingerprint density at radius 2 is 1.85 bits per heavy atom. The van der Waals surface area contributed by atoms with Crippen molar-refractivity contribution < 1.29 is 22.6 Å². The highest BCUT2D eigenvalue weighted by Gasteiger charge is 2.39. The number of hydrogen-bond donors (Lipinski definition) is 0. The second kappa shape index (κ2) is 4.90. The molecule has 1 aromatic carbocycles. The van der Waals surface area contributed by atoms with E-state index >= 15 is 0 Å². The van der Waals surface area contributed by atoms with E-state index in [9.17, 15) is 13.2 Å². The summed E-state index contributed by atoms with van der Waals surface area (Å²) in [5, 5.41) is 0. The number of fused-ring (bicyclic) bond motifs is 1. The summed E-state index contributed by atoms with van der Waals surface area (Å²) in [5.74, 6) is -0.480. The van der Waals surface area contributed by atoms with Crippen LogP contribution < -0.4 is 4.74 Å². The van der Waals surface area contributed by atoms with E-state index in [0.717, 1.165) is 0 Å². The molecule has 1 saturated heterocycles. The zero-order chi connectivity index (χ0) is 14.2. The van der Waals surface area contributed by atoms with Crippen molar-refractivity contribution in [3.05, 3.63) is 30.0 Å². The Morgan fingerprint density at radius 3 is 2.45 bits per heavy atom. The van der Waals surface area contributed by atoms with Crippen LogP contribution in [-0.2, 0) is 10.9 Å². The number of halogens is 3. The lowest BCUT2D eigenvalue weighted by Crippen LogP contribution is -2.20. The number of aromatic nitrogens is 2. The van der Waals surface area contributed by atoms with Gasteiger partial charge >= 0.3 is 6.18 Å². The molecule has 0 N–H and O–H groups in total. The third-order valence-corrected chi connectivity index (χ3v) is 2.97. The molecule has 1 atom stereocenters. The topological polar surface area (TPSA) is 44.2 Å². The van der Waals surface area contributed by atoms with E-state index in [0.29, 0.717) is 18.5 Å². The Hall–Kier alpha value is -1.89. The fourth-order valence-electron chi connectivity index (χ4n) is 2.01. The second-order valence-corrected chi connectivity index (χ2v) is 4.47. The number of rotatable bonds is 2. The van der Waals surface area contributed by atoms with Crippen LogP contribution in [0.4, 0.5) is 13.2 Å². The lowest BCUT2D eigenvalue weighted by Gasteiger charge is -2.16. The van der Waals surface area contributed by atoms with Crippen LogP contribution in [0.15, 0.2) is 24.3 Å². The van der Waals surface area contributed by atoms with E-state index in [1.807, 2.05) is 0 Å². The Bertz CT molecular complexity index is 625. The maximum Gasteiger partial charge on any atom is 0.438 e. The molecular weight excluding hydrogens is 273 g/mol. The van der Waals surface area contributed by atoms with Crippen LogP contribution >= 0.6 is 0 Å². The summed E-state index contributed by atoms with van der Waals surface area (Å²) in [4.78, 5) is 7.58. The summed E-state index contributed by atoms with van der Waals surface area (Å²) in [7, 11) is 0. The summed E-state index contributed by atoms with van der Waals surface area (Å²) in [6.45, 7) is 0.749. The van der Waals surface area contributed by atoms with Crippen molar-refractivity contribution in [2.24, 2.45) is 0 Å². The molecule has 20 heavy (non-hydrogen) atoms. The molecule has 2 heterocycles. The smallest absolute Gasteiger partial charge is 0.438 e. The molecule has 4 nitrogen and oxygen atoms in total. The van der Waals surface area contributed by atoms with Crippen molar-refractivity contribution in [2.75, 3.05) is 13.2 Å². The Morgan fingerprint density at radius 1 is 1.15 bits per heavy atom. The largest absolute Gasteiger partial charge is 0.470 e. The molecular formula is C13H11F3N2O2. The molecule has 0 spiro atoms. The van der Waals surface area contributed by atoms with Crippen LogP contribution in [0.25, 0.3) is 11.0 Å².